The van der Waals surface area contributed by atoms with E-state index >= 15 is 0 Å². The third-order valence-corrected chi connectivity index (χ3v) is 5.01. The van der Waals surface area contributed by atoms with Crippen LogP contribution in [0.1, 0.15) is 5.56 Å². The summed E-state index contributed by atoms with van der Waals surface area (Å²) in [5.74, 6) is -2.02. The maximum atomic E-state index is 13.1. The van der Waals surface area contributed by atoms with Crippen LogP contribution < -0.4 is 4.72 Å². The van der Waals surface area contributed by atoms with Crippen molar-refractivity contribution in [1.82, 2.24) is 4.72 Å². The van der Waals surface area contributed by atoms with Crippen LogP contribution in [0, 0.1) is 11.6 Å². The number of rotatable bonds is 4. The summed E-state index contributed by atoms with van der Waals surface area (Å²) in [4.78, 5) is -0.0880. The third kappa shape index (κ3) is 4.00. The molecule has 0 aliphatic carbocycles. The fraction of sp³-hybridized carbons (Fsp3) is 0.0769. The third-order valence-electron chi connectivity index (χ3n) is 2.63. The Morgan fingerprint density at radius 3 is 2.43 bits per heavy atom. The Morgan fingerprint density at radius 1 is 1.10 bits per heavy atom. The highest BCUT2D eigenvalue weighted by atomic mass is 79.9. The largest absolute Gasteiger partial charge is 0.242 e. The minimum atomic E-state index is -3.85. The molecule has 2 aromatic rings. The Kier molecular flexibility index (Phi) is 4.98. The summed E-state index contributed by atoms with van der Waals surface area (Å²) in [5, 5.41) is 0.0576. The van der Waals surface area contributed by atoms with Gasteiger partial charge in [-0.15, -0.1) is 0 Å². The fourth-order valence-corrected chi connectivity index (χ4v) is 3.65. The van der Waals surface area contributed by atoms with Gasteiger partial charge in [0.05, 0.1) is 5.02 Å². The van der Waals surface area contributed by atoms with Crippen LogP contribution in [0.15, 0.2) is 45.8 Å². The zero-order chi connectivity index (χ0) is 15.6. The molecule has 8 heteroatoms. The molecule has 1 N–H and O–H groups in total. The fourth-order valence-electron chi connectivity index (χ4n) is 1.60. The van der Waals surface area contributed by atoms with Crippen LogP contribution >= 0.6 is 27.5 Å². The maximum Gasteiger partial charge on any atom is 0.242 e. The van der Waals surface area contributed by atoms with Crippen molar-refractivity contribution in [1.29, 1.82) is 0 Å². The van der Waals surface area contributed by atoms with Gasteiger partial charge in [0, 0.05) is 11.0 Å². The lowest BCUT2D eigenvalue weighted by Gasteiger charge is -2.09. The number of halogens is 4. The SMILES string of the molecule is O=S(=O)(NCc1ccc(F)c(F)c1)c1ccc(Br)cc1Cl. The number of benzene rings is 2. The second-order valence-electron chi connectivity index (χ2n) is 4.15. The highest BCUT2D eigenvalue weighted by Gasteiger charge is 2.18. The standard InChI is InChI=1S/C13H9BrClF2NO2S/c14-9-2-4-13(10(15)6-9)21(19,20)18-7-8-1-3-11(16)12(17)5-8/h1-6,18H,7H2. The molecule has 0 fully saturated rings. The molecule has 0 aliphatic heterocycles. The first-order chi connectivity index (χ1) is 9.79. The highest BCUT2D eigenvalue weighted by Crippen LogP contribution is 2.25. The van der Waals surface area contributed by atoms with E-state index in [-0.39, 0.29) is 16.5 Å². The summed E-state index contributed by atoms with van der Waals surface area (Å²) < 4.78 is 53.0. The molecule has 0 amide bonds. The van der Waals surface area contributed by atoms with Gasteiger partial charge in [-0.2, -0.15) is 0 Å². The molecular formula is C13H9BrClF2NO2S. The second kappa shape index (κ2) is 6.39. The average molecular weight is 397 g/mol. The zero-order valence-corrected chi connectivity index (χ0v) is 13.6. The van der Waals surface area contributed by atoms with E-state index in [2.05, 4.69) is 20.7 Å². The van der Waals surface area contributed by atoms with Crippen LogP contribution in [0.5, 0.6) is 0 Å². The molecule has 0 bridgehead atoms. The summed E-state index contributed by atoms with van der Waals surface area (Å²) in [6, 6.07) is 7.50. The molecule has 2 rings (SSSR count). The lowest BCUT2D eigenvalue weighted by atomic mass is 10.2. The minimum Gasteiger partial charge on any atom is -0.207 e. The van der Waals surface area contributed by atoms with E-state index in [1.807, 2.05) is 0 Å². The quantitative estimate of drug-likeness (QED) is 0.853. The lowest BCUT2D eigenvalue weighted by molar-refractivity contribution is 0.506. The molecule has 0 atom stereocenters. The van der Waals surface area contributed by atoms with E-state index in [0.29, 0.717) is 10.0 Å². The van der Waals surface area contributed by atoms with Gasteiger partial charge in [-0.3, -0.25) is 0 Å². The van der Waals surface area contributed by atoms with Crippen molar-refractivity contribution in [3.8, 4) is 0 Å². The van der Waals surface area contributed by atoms with Gasteiger partial charge in [0.25, 0.3) is 0 Å². The van der Waals surface area contributed by atoms with Crippen molar-refractivity contribution in [3.05, 3.63) is 63.1 Å². The van der Waals surface area contributed by atoms with E-state index in [0.717, 1.165) is 12.1 Å². The molecule has 2 aromatic carbocycles. The summed E-state index contributed by atoms with van der Waals surface area (Å²) in [6.45, 7) is -0.175. The molecular weight excluding hydrogens is 388 g/mol. The number of nitrogens with one attached hydrogen (secondary N) is 1. The summed E-state index contributed by atoms with van der Waals surface area (Å²) >= 11 is 9.06. The average Bonchev–Trinajstić information content (AvgIpc) is 2.40. The van der Waals surface area contributed by atoms with Crippen LogP contribution in [-0.2, 0) is 16.6 Å². The normalized spacial score (nSPS) is 11.6. The van der Waals surface area contributed by atoms with Gasteiger partial charge in [-0.25, -0.2) is 21.9 Å². The van der Waals surface area contributed by atoms with E-state index in [1.54, 1.807) is 0 Å². The molecule has 0 saturated heterocycles. The minimum absolute atomic E-state index is 0.0576. The van der Waals surface area contributed by atoms with Crippen molar-refractivity contribution in [2.24, 2.45) is 0 Å². The van der Waals surface area contributed by atoms with E-state index in [4.69, 9.17) is 11.6 Å². The smallest absolute Gasteiger partial charge is 0.207 e. The van der Waals surface area contributed by atoms with Crippen LogP contribution in [0.4, 0.5) is 8.78 Å². The van der Waals surface area contributed by atoms with Gasteiger partial charge in [-0.05, 0) is 35.9 Å². The predicted molar refractivity (Wildman–Crippen MR) is 79.5 cm³/mol. The van der Waals surface area contributed by atoms with Gasteiger partial charge in [-0.1, -0.05) is 33.6 Å². The first-order valence-electron chi connectivity index (χ1n) is 5.68. The first-order valence-corrected chi connectivity index (χ1v) is 8.33. The monoisotopic (exact) mass is 395 g/mol. The molecule has 21 heavy (non-hydrogen) atoms. The second-order valence-corrected chi connectivity index (χ2v) is 7.21. The molecule has 0 spiro atoms. The number of sulfonamides is 1. The zero-order valence-electron chi connectivity index (χ0n) is 10.4. The van der Waals surface area contributed by atoms with Crippen LogP contribution in [-0.4, -0.2) is 8.42 Å². The molecule has 112 valence electrons. The van der Waals surface area contributed by atoms with Crippen molar-refractivity contribution < 1.29 is 17.2 Å². The van der Waals surface area contributed by atoms with Crippen LogP contribution in [0.25, 0.3) is 0 Å². The van der Waals surface area contributed by atoms with Gasteiger partial charge in [0.2, 0.25) is 10.0 Å². The Labute approximate surface area is 134 Å². The van der Waals surface area contributed by atoms with Gasteiger partial charge in [0.1, 0.15) is 4.90 Å². The van der Waals surface area contributed by atoms with E-state index < -0.39 is 21.7 Å². The molecule has 0 saturated carbocycles. The molecule has 0 heterocycles. The molecule has 3 nitrogen and oxygen atoms in total. The lowest BCUT2D eigenvalue weighted by Crippen LogP contribution is -2.23. The Balaban J connectivity index is 2.19. The van der Waals surface area contributed by atoms with E-state index in [9.17, 15) is 17.2 Å². The topological polar surface area (TPSA) is 46.2 Å². The molecule has 0 aromatic heterocycles. The summed E-state index contributed by atoms with van der Waals surface area (Å²) in [7, 11) is -3.85. The van der Waals surface area contributed by atoms with Gasteiger partial charge < -0.3 is 0 Å². The summed E-state index contributed by atoms with van der Waals surface area (Å²) in [5.41, 5.74) is 0.297. The van der Waals surface area contributed by atoms with Crippen molar-refractivity contribution in [2.45, 2.75) is 11.4 Å². The van der Waals surface area contributed by atoms with Crippen LogP contribution in [0.2, 0.25) is 5.02 Å². The summed E-state index contributed by atoms with van der Waals surface area (Å²) in [6.07, 6.45) is 0. The van der Waals surface area contributed by atoms with Crippen LogP contribution in [0.3, 0.4) is 0 Å². The molecule has 0 aliphatic rings. The highest BCUT2D eigenvalue weighted by molar-refractivity contribution is 9.10. The number of hydrogen-bond acceptors (Lipinski definition) is 2. The first kappa shape index (κ1) is 16.4. The maximum absolute atomic E-state index is 13.1. The van der Waals surface area contributed by atoms with Gasteiger partial charge in [0.15, 0.2) is 11.6 Å². The Hall–Kier alpha value is -1.02. The van der Waals surface area contributed by atoms with Crippen molar-refractivity contribution in [2.75, 3.05) is 0 Å². The predicted octanol–water partition coefficient (Wildman–Crippen LogP) is 3.86. The van der Waals surface area contributed by atoms with Crippen molar-refractivity contribution >= 4 is 37.6 Å². The van der Waals surface area contributed by atoms with E-state index in [1.165, 1.54) is 24.3 Å². The van der Waals surface area contributed by atoms with Crippen molar-refractivity contribution in [3.63, 3.8) is 0 Å². The molecule has 0 radical (unpaired) electrons. The number of hydrogen-bond donors (Lipinski definition) is 1. The Bertz CT molecular complexity index is 784. The Morgan fingerprint density at radius 2 is 1.81 bits per heavy atom. The van der Waals surface area contributed by atoms with Gasteiger partial charge >= 0.3 is 0 Å². The molecule has 0 unspecified atom stereocenters.